The van der Waals surface area contributed by atoms with Crippen LogP contribution in [0.3, 0.4) is 0 Å². The summed E-state index contributed by atoms with van der Waals surface area (Å²) in [5.74, 6) is 0. The first-order valence-corrected chi connectivity index (χ1v) is 3.94. The first kappa shape index (κ1) is 11.3. The summed E-state index contributed by atoms with van der Waals surface area (Å²) in [6.45, 7) is 2.95. The number of thiol groups is 2. The number of hydrogen-bond donors (Lipinski definition) is 2. The van der Waals surface area contributed by atoms with Crippen LogP contribution in [-0.4, -0.2) is 9.74 Å². The molecule has 0 rings (SSSR count). The Kier molecular flexibility index (Phi) is 3.56. The van der Waals surface area contributed by atoms with Crippen molar-refractivity contribution in [2.45, 2.75) is 23.6 Å². The Morgan fingerprint density at radius 1 is 1.00 bits per heavy atom. The Bertz CT molecular complexity index is 240. The van der Waals surface area contributed by atoms with Gasteiger partial charge in [-0.15, -0.1) is 25.3 Å². The van der Waals surface area contributed by atoms with Crippen molar-refractivity contribution >= 4 is 25.3 Å². The van der Waals surface area contributed by atoms with E-state index in [0.29, 0.717) is 0 Å². The lowest BCUT2D eigenvalue weighted by Crippen LogP contribution is -2.13. The Morgan fingerprint density at radius 3 is 1.42 bits per heavy atom. The number of hydrogen-bond acceptors (Lipinski definition) is 6. The van der Waals surface area contributed by atoms with E-state index in [1.54, 1.807) is 12.1 Å². The zero-order chi connectivity index (χ0) is 9.83. The second-order valence-corrected chi connectivity index (χ2v) is 4.21. The van der Waals surface area contributed by atoms with Crippen molar-refractivity contribution < 1.29 is 0 Å². The van der Waals surface area contributed by atoms with Crippen LogP contribution in [0.25, 0.3) is 0 Å². The van der Waals surface area contributed by atoms with E-state index in [-0.39, 0.29) is 0 Å². The normalized spacial score (nSPS) is 20.5. The zero-order valence-corrected chi connectivity index (χ0v) is 8.47. The van der Waals surface area contributed by atoms with Crippen LogP contribution in [0.2, 0.25) is 0 Å². The molecule has 0 aliphatic carbocycles. The fourth-order valence-corrected chi connectivity index (χ4v) is 0.329. The highest BCUT2D eigenvalue weighted by molar-refractivity contribution is 7.82. The summed E-state index contributed by atoms with van der Waals surface area (Å²) < 4.78 is 0. The molecule has 0 aliphatic rings. The van der Waals surface area contributed by atoms with Crippen molar-refractivity contribution in [1.82, 2.24) is 0 Å². The van der Waals surface area contributed by atoms with Gasteiger partial charge < -0.3 is 0 Å². The first-order valence-electron chi connectivity index (χ1n) is 3.04. The maximum Gasteiger partial charge on any atom is 0.207 e. The zero-order valence-electron chi connectivity index (χ0n) is 6.68. The maximum atomic E-state index is 8.48. The Hall–Kier alpha value is -0.720. The summed E-state index contributed by atoms with van der Waals surface area (Å²) in [7, 11) is 0. The van der Waals surface area contributed by atoms with Gasteiger partial charge in [0.25, 0.3) is 0 Å². The van der Waals surface area contributed by atoms with E-state index in [1.165, 1.54) is 13.8 Å². The molecule has 2 unspecified atom stereocenters. The molecule has 2 atom stereocenters. The van der Waals surface area contributed by atoms with Crippen molar-refractivity contribution in [2.24, 2.45) is 10.2 Å². The van der Waals surface area contributed by atoms with Crippen molar-refractivity contribution in [3.63, 3.8) is 0 Å². The van der Waals surface area contributed by atoms with Gasteiger partial charge in [-0.25, -0.2) is 0 Å². The second-order valence-electron chi connectivity index (χ2n) is 2.47. The van der Waals surface area contributed by atoms with Gasteiger partial charge in [-0.1, -0.05) is 0 Å². The van der Waals surface area contributed by atoms with Gasteiger partial charge >= 0.3 is 0 Å². The summed E-state index contributed by atoms with van der Waals surface area (Å²) in [6.07, 6.45) is 0. The Balaban J connectivity index is 4.50. The molecule has 4 nitrogen and oxygen atoms in total. The molecule has 0 heterocycles. The summed E-state index contributed by atoms with van der Waals surface area (Å²) in [5, 5.41) is 24.0. The van der Waals surface area contributed by atoms with Crippen molar-refractivity contribution in [3.8, 4) is 12.1 Å². The van der Waals surface area contributed by atoms with Gasteiger partial charge in [0.1, 0.15) is 12.1 Å². The lowest BCUT2D eigenvalue weighted by atomic mass is 10.4. The average molecular weight is 200 g/mol. The molecule has 0 aliphatic heterocycles. The Morgan fingerprint density at radius 2 is 1.25 bits per heavy atom. The highest BCUT2D eigenvalue weighted by Crippen LogP contribution is 2.20. The summed E-state index contributed by atoms with van der Waals surface area (Å²) >= 11 is 7.75. The van der Waals surface area contributed by atoms with Crippen LogP contribution < -0.4 is 0 Å². The van der Waals surface area contributed by atoms with Crippen LogP contribution >= 0.6 is 25.3 Å². The van der Waals surface area contributed by atoms with Crippen LogP contribution in [0.4, 0.5) is 0 Å². The van der Waals surface area contributed by atoms with E-state index < -0.39 is 9.74 Å². The fourth-order valence-electron chi connectivity index (χ4n) is 0.239. The lowest BCUT2D eigenvalue weighted by Gasteiger charge is -2.09. The minimum Gasteiger partial charge on any atom is -0.195 e. The average Bonchev–Trinajstić information content (AvgIpc) is 2.02. The fraction of sp³-hybridized carbons (Fsp3) is 0.667. The van der Waals surface area contributed by atoms with Gasteiger partial charge in [-0.3, -0.25) is 0 Å². The Labute approximate surface area is 82.1 Å². The van der Waals surface area contributed by atoms with Crippen LogP contribution in [-0.2, 0) is 0 Å². The molecule has 0 saturated carbocycles. The standard InChI is InChI=1S/C6H8N4S2/c1-5(11,3-7)9-10-6(2,12)4-8/h11-12H,1-2H3. The van der Waals surface area contributed by atoms with Gasteiger partial charge in [0.2, 0.25) is 9.74 Å². The third kappa shape index (κ3) is 4.22. The quantitative estimate of drug-likeness (QED) is 0.526. The van der Waals surface area contributed by atoms with Crippen molar-refractivity contribution in [1.29, 1.82) is 10.5 Å². The van der Waals surface area contributed by atoms with E-state index in [9.17, 15) is 0 Å². The second kappa shape index (κ2) is 3.79. The molecular formula is C6H8N4S2. The van der Waals surface area contributed by atoms with Crippen LogP contribution in [0.5, 0.6) is 0 Å². The molecule has 0 aromatic heterocycles. The largest absolute Gasteiger partial charge is 0.207 e. The predicted molar refractivity (Wildman–Crippen MR) is 50.9 cm³/mol. The van der Waals surface area contributed by atoms with E-state index >= 15 is 0 Å². The molecule has 0 aromatic carbocycles. The molecule has 0 amide bonds. The van der Waals surface area contributed by atoms with Gasteiger partial charge in [-0.05, 0) is 13.8 Å². The van der Waals surface area contributed by atoms with Gasteiger partial charge in [0.05, 0.1) is 0 Å². The minimum atomic E-state index is -1.19. The van der Waals surface area contributed by atoms with Crippen LogP contribution in [0.15, 0.2) is 10.2 Å². The highest BCUT2D eigenvalue weighted by atomic mass is 32.1. The van der Waals surface area contributed by atoms with Gasteiger partial charge in [-0.2, -0.15) is 20.8 Å². The van der Waals surface area contributed by atoms with Crippen LogP contribution in [0, 0.1) is 22.7 Å². The summed E-state index contributed by atoms with van der Waals surface area (Å²) in [5.41, 5.74) is 0. The van der Waals surface area contributed by atoms with E-state index in [4.69, 9.17) is 10.5 Å². The molecule has 6 heteroatoms. The molecule has 64 valence electrons. The topological polar surface area (TPSA) is 72.3 Å². The minimum absolute atomic E-state index is 1.19. The van der Waals surface area contributed by atoms with Crippen molar-refractivity contribution in [3.05, 3.63) is 0 Å². The number of nitrogens with zero attached hydrogens (tertiary/aromatic N) is 4. The number of nitriles is 2. The molecule has 0 fully saturated rings. The molecule has 0 bridgehead atoms. The molecular weight excluding hydrogens is 192 g/mol. The molecule has 12 heavy (non-hydrogen) atoms. The number of rotatable bonds is 2. The summed E-state index contributed by atoms with van der Waals surface area (Å²) in [6, 6.07) is 3.60. The smallest absolute Gasteiger partial charge is 0.195 e. The summed E-state index contributed by atoms with van der Waals surface area (Å²) in [4.78, 5) is -2.39. The predicted octanol–water partition coefficient (Wildman–Crippen LogP) is 1.78. The van der Waals surface area contributed by atoms with Crippen molar-refractivity contribution in [2.75, 3.05) is 0 Å². The van der Waals surface area contributed by atoms with E-state index in [1.807, 2.05) is 0 Å². The molecule has 0 radical (unpaired) electrons. The highest BCUT2D eigenvalue weighted by Gasteiger charge is 2.21. The van der Waals surface area contributed by atoms with E-state index in [2.05, 4.69) is 35.5 Å². The maximum absolute atomic E-state index is 8.48. The van der Waals surface area contributed by atoms with E-state index in [0.717, 1.165) is 0 Å². The SMILES string of the molecule is CC(S)(C#N)N=NC(C)(S)C#N. The third-order valence-corrected chi connectivity index (χ3v) is 1.24. The number of azo groups is 1. The van der Waals surface area contributed by atoms with Crippen LogP contribution in [0.1, 0.15) is 13.8 Å². The first-order chi connectivity index (χ1) is 5.33. The lowest BCUT2D eigenvalue weighted by molar-refractivity contribution is 0.702. The molecule has 0 aromatic rings. The monoisotopic (exact) mass is 200 g/mol. The molecule has 0 spiro atoms. The molecule has 0 saturated heterocycles. The van der Waals surface area contributed by atoms with Gasteiger partial charge in [0, 0.05) is 0 Å². The molecule has 0 N–H and O–H groups in total. The van der Waals surface area contributed by atoms with Gasteiger partial charge in [0.15, 0.2) is 0 Å². The third-order valence-electron chi connectivity index (χ3n) is 0.863.